The van der Waals surface area contributed by atoms with Gasteiger partial charge in [-0.25, -0.2) is 5.01 Å². The van der Waals surface area contributed by atoms with E-state index in [9.17, 15) is 4.79 Å². The number of halogens is 1. The van der Waals surface area contributed by atoms with E-state index in [1.807, 2.05) is 31.2 Å². The predicted octanol–water partition coefficient (Wildman–Crippen LogP) is 3.04. The number of thiocarbonyl (C=S) groups is 1. The monoisotopic (exact) mass is 319 g/mol. The molecule has 0 aliphatic carbocycles. The van der Waals surface area contributed by atoms with E-state index >= 15 is 0 Å². The van der Waals surface area contributed by atoms with Crippen molar-refractivity contribution in [3.05, 3.63) is 64.7 Å². The Bertz CT molecular complexity index is 656. The van der Waals surface area contributed by atoms with Crippen LogP contribution in [0.4, 0.5) is 5.69 Å². The van der Waals surface area contributed by atoms with Crippen molar-refractivity contribution in [3.63, 3.8) is 0 Å². The molecule has 0 radical (unpaired) electrons. The Hall–Kier alpha value is -2.11. The summed E-state index contributed by atoms with van der Waals surface area (Å²) < 4.78 is 0. The van der Waals surface area contributed by atoms with Gasteiger partial charge in [0.2, 0.25) is 0 Å². The summed E-state index contributed by atoms with van der Waals surface area (Å²) in [5, 5.41) is 1.99. The molecule has 21 heavy (non-hydrogen) atoms. The maximum Gasteiger partial charge on any atom is 0.270 e. The van der Waals surface area contributed by atoms with Crippen molar-refractivity contribution in [1.29, 1.82) is 0 Å². The Morgan fingerprint density at radius 1 is 1.14 bits per heavy atom. The number of aryl methyl sites for hydroxylation is 1. The van der Waals surface area contributed by atoms with Crippen LogP contribution >= 0.6 is 23.8 Å². The average Bonchev–Trinajstić information content (AvgIpc) is 2.46. The summed E-state index contributed by atoms with van der Waals surface area (Å²) in [6.45, 7) is 1.97. The number of nitrogens with one attached hydrogen (secondary N) is 1. The molecule has 0 bridgehead atoms. The van der Waals surface area contributed by atoms with Crippen molar-refractivity contribution in [2.45, 2.75) is 6.92 Å². The van der Waals surface area contributed by atoms with Crippen LogP contribution in [0.5, 0.6) is 0 Å². The third-order valence-electron chi connectivity index (χ3n) is 2.83. The predicted molar refractivity (Wildman–Crippen MR) is 89.4 cm³/mol. The molecule has 2 rings (SSSR count). The first-order valence-electron chi connectivity index (χ1n) is 6.20. The fourth-order valence-corrected chi connectivity index (χ4v) is 1.99. The smallest absolute Gasteiger partial charge is 0.270 e. The number of carbonyl (C=O) groups is 1. The molecule has 108 valence electrons. The minimum Gasteiger partial charge on any atom is -0.374 e. The molecule has 4 nitrogen and oxygen atoms in total. The van der Waals surface area contributed by atoms with E-state index < -0.39 is 0 Å². The van der Waals surface area contributed by atoms with Gasteiger partial charge in [-0.05, 0) is 55.5 Å². The zero-order valence-electron chi connectivity index (χ0n) is 11.3. The molecule has 1 amide bonds. The van der Waals surface area contributed by atoms with Crippen molar-refractivity contribution < 1.29 is 4.79 Å². The van der Waals surface area contributed by atoms with Crippen LogP contribution in [0.1, 0.15) is 15.9 Å². The van der Waals surface area contributed by atoms with E-state index in [0.717, 1.165) is 5.56 Å². The highest BCUT2D eigenvalue weighted by Gasteiger charge is 2.14. The van der Waals surface area contributed by atoms with Gasteiger partial charge in [-0.15, -0.1) is 0 Å². The third kappa shape index (κ3) is 3.93. The van der Waals surface area contributed by atoms with E-state index in [2.05, 4.69) is 5.43 Å². The number of carbonyl (C=O) groups excluding carboxylic acids is 1. The summed E-state index contributed by atoms with van der Waals surface area (Å²) in [5.41, 5.74) is 10.6. The molecule has 0 saturated heterocycles. The van der Waals surface area contributed by atoms with Crippen molar-refractivity contribution in [2.75, 3.05) is 5.01 Å². The second kappa shape index (κ2) is 6.56. The van der Waals surface area contributed by atoms with E-state index in [1.165, 1.54) is 5.01 Å². The lowest BCUT2D eigenvalue weighted by atomic mass is 10.2. The number of anilines is 1. The molecule has 0 heterocycles. The Morgan fingerprint density at radius 3 is 2.24 bits per heavy atom. The third-order valence-corrected chi connectivity index (χ3v) is 3.27. The van der Waals surface area contributed by atoms with Crippen LogP contribution in [0.15, 0.2) is 48.5 Å². The molecule has 6 heteroatoms. The fourth-order valence-electron chi connectivity index (χ4n) is 1.71. The second-order valence-electron chi connectivity index (χ2n) is 4.46. The maximum atomic E-state index is 12.2. The number of hydrogen-bond acceptors (Lipinski definition) is 2. The molecule has 3 N–H and O–H groups in total. The molecule has 0 aliphatic rings. The highest BCUT2D eigenvalue weighted by molar-refractivity contribution is 7.80. The molecule has 0 aliphatic heterocycles. The molecule has 0 aromatic heterocycles. The Labute approximate surface area is 133 Å². The first kappa shape index (κ1) is 15.3. The molecular weight excluding hydrogens is 306 g/mol. The van der Waals surface area contributed by atoms with Gasteiger partial charge in [-0.2, -0.15) is 0 Å². The maximum absolute atomic E-state index is 12.2. The summed E-state index contributed by atoms with van der Waals surface area (Å²) in [4.78, 5) is 12.2. The van der Waals surface area contributed by atoms with E-state index in [0.29, 0.717) is 16.3 Å². The topological polar surface area (TPSA) is 58.4 Å². The van der Waals surface area contributed by atoms with Crippen LogP contribution in [0, 0.1) is 6.92 Å². The highest BCUT2D eigenvalue weighted by Crippen LogP contribution is 2.14. The van der Waals surface area contributed by atoms with Gasteiger partial charge in [0.1, 0.15) is 0 Å². The van der Waals surface area contributed by atoms with Gasteiger partial charge in [0.25, 0.3) is 5.91 Å². The van der Waals surface area contributed by atoms with E-state index in [4.69, 9.17) is 29.6 Å². The van der Waals surface area contributed by atoms with Crippen molar-refractivity contribution in [1.82, 2.24) is 5.43 Å². The summed E-state index contributed by atoms with van der Waals surface area (Å²) >= 11 is 10.8. The zero-order valence-corrected chi connectivity index (χ0v) is 12.9. The quantitative estimate of drug-likeness (QED) is 0.660. The first-order chi connectivity index (χ1) is 9.97. The van der Waals surface area contributed by atoms with Crippen LogP contribution < -0.4 is 16.2 Å². The molecule has 2 aromatic rings. The normalized spacial score (nSPS) is 10.0. The van der Waals surface area contributed by atoms with Crippen LogP contribution in [0.3, 0.4) is 0 Å². The molecular formula is C15H14ClN3OS. The van der Waals surface area contributed by atoms with Gasteiger partial charge in [0.05, 0.1) is 5.69 Å². The lowest BCUT2D eigenvalue weighted by molar-refractivity contribution is 0.0955. The minimum atomic E-state index is -0.319. The second-order valence-corrected chi connectivity index (χ2v) is 5.31. The van der Waals surface area contributed by atoms with Crippen molar-refractivity contribution >= 4 is 40.5 Å². The van der Waals surface area contributed by atoms with Crippen molar-refractivity contribution in [2.24, 2.45) is 5.73 Å². The van der Waals surface area contributed by atoms with Crippen LogP contribution in [0.2, 0.25) is 5.02 Å². The molecule has 0 fully saturated rings. The summed E-state index contributed by atoms with van der Waals surface area (Å²) in [6, 6.07) is 14.0. The molecule has 0 spiro atoms. The van der Waals surface area contributed by atoms with Gasteiger partial charge >= 0.3 is 0 Å². The summed E-state index contributed by atoms with van der Waals surface area (Å²) in [5.74, 6) is -0.319. The van der Waals surface area contributed by atoms with Gasteiger partial charge < -0.3 is 5.73 Å². The largest absolute Gasteiger partial charge is 0.374 e. The fraction of sp³-hybridized carbons (Fsp3) is 0.0667. The Morgan fingerprint density at radius 2 is 1.71 bits per heavy atom. The number of nitrogens with zero attached hydrogens (tertiary/aromatic N) is 1. The number of hydrazine groups is 1. The van der Waals surface area contributed by atoms with Crippen LogP contribution in [-0.4, -0.2) is 11.0 Å². The molecule has 0 atom stereocenters. The lowest BCUT2D eigenvalue weighted by Crippen LogP contribution is -2.49. The number of benzene rings is 2. The molecule has 2 aromatic carbocycles. The SMILES string of the molecule is Cc1ccc(N(NC(=O)c2ccc(Cl)cc2)C(N)=S)cc1. The number of nitrogens with two attached hydrogens (primary N) is 1. The lowest BCUT2D eigenvalue weighted by Gasteiger charge is -2.23. The summed E-state index contributed by atoms with van der Waals surface area (Å²) in [6.07, 6.45) is 0. The Kier molecular flexibility index (Phi) is 4.77. The molecule has 0 unspecified atom stereocenters. The molecule has 0 saturated carbocycles. The number of hydrogen-bond donors (Lipinski definition) is 2. The summed E-state index contributed by atoms with van der Waals surface area (Å²) in [7, 11) is 0. The highest BCUT2D eigenvalue weighted by atomic mass is 35.5. The van der Waals surface area contributed by atoms with Gasteiger partial charge in [0, 0.05) is 10.6 Å². The van der Waals surface area contributed by atoms with Gasteiger partial charge in [0.15, 0.2) is 5.11 Å². The number of amides is 1. The van der Waals surface area contributed by atoms with Gasteiger partial charge in [-0.1, -0.05) is 29.3 Å². The average molecular weight is 320 g/mol. The van der Waals surface area contributed by atoms with E-state index in [1.54, 1.807) is 24.3 Å². The van der Waals surface area contributed by atoms with Crippen LogP contribution in [-0.2, 0) is 0 Å². The minimum absolute atomic E-state index is 0.0566. The van der Waals surface area contributed by atoms with Crippen molar-refractivity contribution in [3.8, 4) is 0 Å². The van der Waals surface area contributed by atoms with Gasteiger partial charge in [-0.3, -0.25) is 10.2 Å². The standard InChI is InChI=1S/C15H14ClN3OS/c1-10-2-8-13(9-3-10)19(15(17)21)18-14(20)11-4-6-12(16)7-5-11/h2-9H,1H3,(H2,17,21)(H,18,20). The van der Waals surface area contributed by atoms with Crippen LogP contribution in [0.25, 0.3) is 0 Å². The van der Waals surface area contributed by atoms with E-state index in [-0.39, 0.29) is 11.0 Å². The zero-order chi connectivity index (χ0) is 15.4. The number of rotatable bonds is 2. The first-order valence-corrected chi connectivity index (χ1v) is 6.99. The Balaban J connectivity index is 2.20.